The maximum atomic E-state index is 14.4. The van der Waals surface area contributed by atoms with Crippen molar-refractivity contribution in [1.29, 1.82) is 0 Å². The van der Waals surface area contributed by atoms with Crippen molar-refractivity contribution >= 4 is 0 Å². The predicted molar refractivity (Wildman–Crippen MR) is 113 cm³/mol. The van der Waals surface area contributed by atoms with Crippen LogP contribution in [0.1, 0.15) is 11.1 Å². The van der Waals surface area contributed by atoms with E-state index < -0.39 is 0 Å². The smallest absolute Gasteiger partial charge is 0.165 e. The molecule has 1 aliphatic heterocycles. The Balaban J connectivity index is 1.73. The van der Waals surface area contributed by atoms with E-state index in [2.05, 4.69) is 42.1 Å². The van der Waals surface area contributed by atoms with Crippen LogP contribution in [-0.2, 0) is 6.54 Å². The van der Waals surface area contributed by atoms with Crippen molar-refractivity contribution in [3.8, 4) is 22.7 Å². The third-order valence-corrected chi connectivity index (χ3v) is 5.57. The average Bonchev–Trinajstić information content (AvgIpc) is 3.13. The Hall–Kier alpha value is -2.70. The molecule has 0 radical (unpaired) electrons. The highest BCUT2D eigenvalue weighted by Crippen LogP contribution is 2.29. The average molecular weight is 394 g/mol. The van der Waals surface area contributed by atoms with Crippen LogP contribution in [-0.4, -0.2) is 59.9 Å². The summed E-state index contributed by atoms with van der Waals surface area (Å²) in [6, 6.07) is 13.2. The lowest BCUT2D eigenvalue weighted by molar-refractivity contribution is 0.148. The number of hydrogen-bond donors (Lipinski definition) is 0. The first-order valence-electron chi connectivity index (χ1n) is 9.94. The fourth-order valence-electron chi connectivity index (χ4n) is 3.77. The van der Waals surface area contributed by atoms with Gasteiger partial charge in [-0.1, -0.05) is 18.2 Å². The molecule has 0 spiro atoms. The van der Waals surface area contributed by atoms with Crippen molar-refractivity contribution in [1.82, 2.24) is 19.6 Å². The molecule has 152 valence electrons. The van der Waals surface area contributed by atoms with Crippen LogP contribution < -0.4 is 4.74 Å². The van der Waals surface area contributed by atoms with Crippen LogP contribution in [0, 0.1) is 12.7 Å². The number of aromatic nitrogens is 2. The Morgan fingerprint density at radius 2 is 1.83 bits per heavy atom. The molecule has 1 aliphatic rings. The molecule has 6 heteroatoms. The van der Waals surface area contributed by atoms with E-state index in [1.54, 1.807) is 6.07 Å². The van der Waals surface area contributed by atoms with Crippen LogP contribution in [0.5, 0.6) is 5.75 Å². The number of hydrogen-bond acceptors (Lipinski definition) is 4. The fraction of sp³-hybridized carbons (Fsp3) is 0.348. The molecule has 29 heavy (non-hydrogen) atoms. The van der Waals surface area contributed by atoms with Crippen molar-refractivity contribution in [3.63, 3.8) is 0 Å². The van der Waals surface area contributed by atoms with Crippen LogP contribution in [0.2, 0.25) is 0 Å². The van der Waals surface area contributed by atoms with Gasteiger partial charge in [0, 0.05) is 50.0 Å². The van der Waals surface area contributed by atoms with E-state index >= 15 is 0 Å². The second-order valence-electron chi connectivity index (χ2n) is 7.66. The molecule has 2 heterocycles. The van der Waals surface area contributed by atoms with E-state index in [1.165, 1.54) is 13.2 Å². The number of halogens is 1. The lowest BCUT2D eigenvalue weighted by atomic mass is 10.1. The van der Waals surface area contributed by atoms with Crippen LogP contribution in [0.3, 0.4) is 0 Å². The van der Waals surface area contributed by atoms with Crippen molar-refractivity contribution in [3.05, 3.63) is 65.6 Å². The summed E-state index contributed by atoms with van der Waals surface area (Å²) < 4.78 is 21.4. The first kappa shape index (κ1) is 19.6. The SMILES string of the molecule is COc1ccc(-c2nn(-c3ccccc3C)cc2CN2CCN(C)CC2)cc1F. The van der Waals surface area contributed by atoms with Gasteiger partial charge >= 0.3 is 0 Å². The molecule has 1 aromatic heterocycles. The monoisotopic (exact) mass is 394 g/mol. The summed E-state index contributed by atoms with van der Waals surface area (Å²) in [4.78, 5) is 4.77. The zero-order valence-corrected chi connectivity index (χ0v) is 17.2. The van der Waals surface area contributed by atoms with Gasteiger partial charge in [-0.2, -0.15) is 5.10 Å². The Labute approximate surface area is 171 Å². The van der Waals surface area contributed by atoms with Crippen LogP contribution >= 0.6 is 0 Å². The maximum absolute atomic E-state index is 14.4. The fourth-order valence-corrected chi connectivity index (χ4v) is 3.77. The minimum atomic E-state index is -0.374. The Bertz CT molecular complexity index is 992. The van der Waals surface area contributed by atoms with Crippen LogP contribution in [0.25, 0.3) is 16.9 Å². The van der Waals surface area contributed by atoms with Gasteiger partial charge in [0.15, 0.2) is 11.6 Å². The molecule has 1 saturated heterocycles. The van der Waals surface area contributed by atoms with Gasteiger partial charge in [-0.15, -0.1) is 0 Å². The normalized spacial score (nSPS) is 15.6. The van der Waals surface area contributed by atoms with Gasteiger partial charge in [0.1, 0.15) is 0 Å². The van der Waals surface area contributed by atoms with Gasteiger partial charge in [0.25, 0.3) is 0 Å². The highest BCUT2D eigenvalue weighted by molar-refractivity contribution is 5.64. The molecular weight excluding hydrogens is 367 g/mol. The van der Waals surface area contributed by atoms with Crippen molar-refractivity contribution < 1.29 is 9.13 Å². The predicted octanol–water partition coefficient (Wildman–Crippen LogP) is 3.74. The maximum Gasteiger partial charge on any atom is 0.165 e. The van der Waals surface area contributed by atoms with Gasteiger partial charge in [0.2, 0.25) is 0 Å². The first-order chi connectivity index (χ1) is 14.0. The molecule has 2 aromatic carbocycles. The molecule has 0 N–H and O–H groups in total. The number of piperazine rings is 1. The van der Waals surface area contributed by atoms with Gasteiger partial charge in [-0.25, -0.2) is 9.07 Å². The number of benzene rings is 2. The lowest BCUT2D eigenvalue weighted by Gasteiger charge is -2.32. The number of methoxy groups -OCH3 is 1. The van der Waals surface area contributed by atoms with Crippen LogP contribution in [0.4, 0.5) is 4.39 Å². The third kappa shape index (κ3) is 4.18. The topological polar surface area (TPSA) is 33.5 Å². The van der Waals surface area contributed by atoms with Gasteiger partial charge in [-0.05, 0) is 43.8 Å². The molecule has 0 aliphatic carbocycles. The summed E-state index contributed by atoms with van der Waals surface area (Å²) in [7, 11) is 3.63. The molecule has 3 aromatic rings. The van der Waals surface area contributed by atoms with E-state index in [0.29, 0.717) is 0 Å². The minimum Gasteiger partial charge on any atom is -0.494 e. The number of ether oxygens (including phenoxy) is 1. The van der Waals surface area contributed by atoms with E-state index in [0.717, 1.165) is 60.8 Å². The third-order valence-electron chi connectivity index (χ3n) is 5.57. The van der Waals surface area contributed by atoms with Crippen LogP contribution in [0.15, 0.2) is 48.7 Å². The van der Waals surface area contributed by atoms with E-state index in [4.69, 9.17) is 9.84 Å². The Morgan fingerprint density at radius 3 is 2.52 bits per heavy atom. The Morgan fingerprint density at radius 1 is 1.07 bits per heavy atom. The Kier molecular flexibility index (Phi) is 5.65. The summed E-state index contributed by atoms with van der Waals surface area (Å²) in [5.41, 5.74) is 4.86. The number of aryl methyl sites for hydroxylation is 1. The van der Waals surface area contributed by atoms with Gasteiger partial charge < -0.3 is 9.64 Å². The lowest BCUT2D eigenvalue weighted by Crippen LogP contribution is -2.43. The first-order valence-corrected chi connectivity index (χ1v) is 9.94. The number of rotatable bonds is 5. The summed E-state index contributed by atoms with van der Waals surface area (Å²) >= 11 is 0. The molecule has 0 saturated carbocycles. The summed E-state index contributed by atoms with van der Waals surface area (Å²) in [6.45, 7) is 7.01. The molecule has 1 fully saturated rings. The summed E-state index contributed by atoms with van der Waals surface area (Å²) in [5.74, 6) is -0.131. The van der Waals surface area contributed by atoms with E-state index in [9.17, 15) is 4.39 Å². The van der Waals surface area contributed by atoms with E-state index in [1.807, 2.05) is 22.9 Å². The molecule has 0 amide bonds. The van der Waals surface area contributed by atoms with Crippen molar-refractivity contribution in [2.24, 2.45) is 0 Å². The summed E-state index contributed by atoms with van der Waals surface area (Å²) in [6.07, 6.45) is 2.08. The quantitative estimate of drug-likeness (QED) is 0.660. The van der Waals surface area contributed by atoms with Gasteiger partial charge in [-0.3, -0.25) is 4.90 Å². The molecule has 0 bridgehead atoms. The molecular formula is C23H27FN4O. The highest BCUT2D eigenvalue weighted by Gasteiger charge is 2.20. The zero-order valence-electron chi connectivity index (χ0n) is 17.2. The number of para-hydroxylation sites is 1. The number of likely N-dealkylation sites (N-methyl/N-ethyl adjacent to an activating group) is 1. The zero-order chi connectivity index (χ0) is 20.4. The van der Waals surface area contributed by atoms with E-state index in [-0.39, 0.29) is 11.6 Å². The molecule has 5 nitrogen and oxygen atoms in total. The summed E-state index contributed by atoms with van der Waals surface area (Å²) in [5, 5.41) is 4.86. The van der Waals surface area contributed by atoms with Crippen molar-refractivity contribution in [2.75, 3.05) is 40.3 Å². The number of nitrogens with zero attached hydrogens (tertiary/aromatic N) is 4. The highest BCUT2D eigenvalue weighted by atomic mass is 19.1. The molecule has 4 rings (SSSR count). The minimum absolute atomic E-state index is 0.243. The van der Waals surface area contributed by atoms with Crippen molar-refractivity contribution in [2.45, 2.75) is 13.5 Å². The largest absolute Gasteiger partial charge is 0.494 e. The second-order valence-corrected chi connectivity index (χ2v) is 7.66. The second kappa shape index (κ2) is 8.35. The van der Waals surface area contributed by atoms with Gasteiger partial charge in [0.05, 0.1) is 18.5 Å². The molecule has 0 atom stereocenters. The molecule has 0 unspecified atom stereocenters. The standard InChI is InChI=1S/C23H27FN4O/c1-17-6-4-5-7-21(17)28-16-19(15-27-12-10-26(2)11-13-27)23(25-28)18-8-9-22(29-3)20(24)14-18/h4-9,14,16H,10-13,15H2,1-3H3.